The Morgan fingerprint density at radius 1 is 1.21 bits per heavy atom. The van der Waals surface area contributed by atoms with Gasteiger partial charge in [0.15, 0.2) is 0 Å². The predicted octanol–water partition coefficient (Wildman–Crippen LogP) is 1.93. The lowest BCUT2D eigenvalue weighted by molar-refractivity contribution is -0.159. The van der Waals surface area contributed by atoms with E-state index in [4.69, 9.17) is 0 Å². The highest BCUT2D eigenvalue weighted by Crippen LogP contribution is 2.43. The predicted molar refractivity (Wildman–Crippen MR) is 106 cm³/mol. The summed E-state index contributed by atoms with van der Waals surface area (Å²) in [5, 5.41) is 9.87. The smallest absolute Gasteiger partial charge is 0.254 e. The van der Waals surface area contributed by atoms with E-state index in [1.54, 1.807) is 34.3 Å². The minimum Gasteiger partial charge on any atom is -0.394 e. The van der Waals surface area contributed by atoms with E-state index >= 15 is 0 Å². The second-order valence-electron chi connectivity index (χ2n) is 7.23. The van der Waals surface area contributed by atoms with E-state index in [0.717, 1.165) is 11.1 Å². The third kappa shape index (κ3) is 3.10. The minimum absolute atomic E-state index is 0.0154. The van der Waals surface area contributed by atoms with Crippen molar-refractivity contribution in [3.05, 3.63) is 71.6 Å². The fourth-order valence-corrected chi connectivity index (χ4v) is 4.35. The standard InChI is InChI=1S/C22H23N3O3/c1-2-3-15-4-6-16(7-5-15)21-18-12-24(13-20(27)25(18)19(21)14-26)22(28)17-8-10-23-11-9-17/h2-11,18-19,21,26H,12-14H2,1H3/t18-,19+,21+/m0/s1. The molecule has 0 radical (unpaired) electrons. The fraction of sp³-hybridized carbons (Fsp3) is 0.318. The number of allylic oxidation sites excluding steroid dienone is 1. The molecule has 2 amide bonds. The average Bonchev–Trinajstić information content (AvgIpc) is 2.71. The summed E-state index contributed by atoms with van der Waals surface area (Å²) in [7, 11) is 0. The van der Waals surface area contributed by atoms with Crippen LogP contribution in [0.25, 0.3) is 6.08 Å². The lowest BCUT2D eigenvalue weighted by Crippen LogP contribution is -2.73. The van der Waals surface area contributed by atoms with E-state index in [-0.39, 0.29) is 43.0 Å². The number of aromatic nitrogens is 1. The monoisotopic (exact) mass is 377 g/mol. The third-order valence-electron chi connectivity index (χ3n) is 5.65. The number of hydrogen-bond donors (Lipinski definition) is 1. The largest absolute Gasteiger partial charge is 0.394 e. The van der Waals surface area contributed by atoms with Gasteiger partial charge in [-0.05, 0) is 30.2 Å². The van der Waals surface area contributed by atoms with Crippen LogP contribution in [0.1, 0.15) is 34.3 Å². The van der Waals surface area contributed by atoms with E-state index < -0.39 is 0 Å². The first-order valence-electron chi connectivity index (χ1n) is 9.48. The van der Waals surface area contributed by atoms with Gasteiger partial charge < -0.3 is 14.9 Å². The molecule has 2 aliphatic heterocycles. The van der Waals surface area contributed by atoms with Crippen molar-refractivity contribution in [2.75, 3.05) is 19.7 Å². The number of amides is 2. The average molecular weight is 377 g/mol. The van der Waals surface area contributed by atoms with Gasteiger partial charge in [-0.3, -0.25) is 14.6 Å². The van der Waals surface area contributed by atoms with Crippen LogP contribution in [0.3, 0.4) is 0 Å². The maximum Gasteiger partial charge on any atom is 0.254 e. The van der Waals surface area contributed by atoms with Gasteiger partial charge in [-0.15, -0.1) is 0 Å². The van der Waals surface area contributed by atoms with Crippen molar-refractivity contribution >= 4 is 17.9 Å². The van der Waals surface area contributed by atoms with Crippen LogP contribution >= 0.6 is 0 Å². The Labute approximate surface area is 164 Å². The first kappa shape index (κ1) is 18.4. The highest BCUT2D eigenvalue weighted by atomic mass is 16.3. The molecule has 4 rings (SSSR count). The molecule has 6 nitrogen and oxygen atoms in total. The summed E-state index contributed by atoms with van der Waals surface area (Å²) >= 11 is 0. The molecule has 28 heavy (non-hydrogen) atoms. The Morgan fingerprint density at radius 3 is 2.57 bits per heavy atom. The van der Waals surface area contributed by atoms with Gasteiger partial charge in [0.1, 0.15) is 6.54 Å². The zero-order valence-corrected chi connectivity index (χ0v) is 15.7. The van der Waals surface area contributed by atoms with E-state index in [9.17, 15) is 14.7 Å². The Balaban J connectivity index is 1.58. The molecule has 1 N–H and O–H groups in total. The second kappa shape index (κ2) is 7.56. The molecule has 0 spiro atoms. The highest BCUT2D eigenvalue weighted by molar-refractivity contribution is 5.97. The number of rotatable bonds is 4. The molecular formula is C22H23N3O3. The summed E-state index contributed by atoms with van der Waals surface area (Å²) < 4.78 is 0. The van der Waals surface area contributed by atoms with Crippen LogP contribution in [0, 0.1) is 0 Å². The Kier molecular flexibility index (Phi) is 4.96. The second-order valence-corrected chi connectivity index (χ2v) is 7.23. The van der Waals surface area contributed by atoms with Crippen molar-refractivity contribution in [1.29, 1.82) is 0 Å². The molecule has 2 fully saturated rings. The van der Waals surface area contributed by atoms with Gasteiger partial charge in [0.2, 0.25) is 5.91 Å². The van der Waals surface area contributed by atoms with Crippen LogP contribution < -0.4 is 0 Å². The first-order chi connectivity index (χ1) is 13.6. The van der Waals surface area contributed by atoms with Crippen LogP contribution in [-0.4, -0.2) is 63.5 Å². The van der Waals surface area contributed by atoms with Gasteiger partial charge in [-0.2, -0.15) is 0 Å². The number of hydrogen-bond acceptors (Lipinski definition) is 4. The number of aliphatic hydroxyl groups excluding tert-OH is 1. The molecular weight excluding hydrogens is 354 g/mol. The van der Waals surface area contributed by atoms with Crippen molar-refractivity contribution in [2.24, 2.45) is 0 Å². The van der Waals surface area contributed by atoms with Crippen molar-refractivity contribution < 1.29 is 14.7 Å². The van der Waals surface area contributed by atoms with Gasteiger partial charge >= 0.3 is 0 Å². The van der Waals surface area contributed by atoms with E-state index in [1.165, 1.54) is 0 Å². The molecule has 3 heterocycles. The van der Waals surface area contributed by atoms with Gasteiger partial charge in [0, 0.05) is 30.4 Å². The number of piperazine rings is 1. The molecule has 6 heteroatoms. The molecule has 2 aliphatic rings. The Bertz CT molecular complexity index is 895. The van der Waals surface area contributed by atoms with E-state index in [2.05, 4.69) is 4.98 Å². The normalized spacial score (nSPS) is 24.2. The van der Waals surface area contributed by atoms with Crippen LogP contribution in [0.5, 0.6) is 0 Å². The summed E-state index contributed by atoms with van der Waals surface area (Å²) in [6.07, 6.45) is 7.16. The molecule has 2 aromatic rings. The minimum atomic E-state index is -0.233. The first-order valence-corrected chi connectivity index (χ1v) is 9.48. The molecule has 0 bridgehead atoms. The molecule has 1 aromatic heterocycles. The molecule has 0 aliphatic carbocycles. The molecule has 144 valence electrons. The molecule has 1 aromatic carbocycles. The topological polar surface area (TPSA) is 73.7 Å². The molecule has 0 unspecified atom stereocenters. The Morgan fingerprint density at radius 2 is 1.93 bits per heavy atom. The van der Waals surface area contributed by atoms with Gasteiger partial charge in [0.05, 0.1) is 18.7 Å². The third-order valence-corrected chi connectivity index (χ3v) is 5.65. The SMILES string of the molecule is CC=Cc1ccc([C@H]2[C@@H](CO)N3C(=O)CN(C(=O)c4ccncc4)C[C@@H]23)cc1. The maximum absolute atomic E-state index is 12.8. The number of carbonyl (C=O) groups excluding carboxylic acids is 2. The molecule has 3 atom stereocenters. The number of nitrogens with zero attached hydrogens (tertiary/aromatic N) is 3. The van der Waals surface area contributed by atoms with E-state index in [1.807, 2.05) is 43.3 Å². The van der Waals surface area contributed by atoms with Crippen molar-refractivity contribution in [2.45, 2.75) is 24.9 Å². The van der Waals surface area contributed by atoms with Crippen molar-refractivity contribution in [3.8, 4) is 0 Å². The highest BCUT2D eigenvalue weighted by Gasteiger charge is 2.54. The number of aliphatic hydroxyl groups is 1. The quantitative estimate of drug-likeness (QED) is 0.884. The molecule has 2 saturated heterocycles. The van der Waals surface area contributed by atoms with Crippen molar-refractivity contribution in [1.82, 2.24) is 14.8 Å². The summed E-state index contributed by atoms with van der Waals surface area (Å²) in [5.74, 6) is -0.258. The van der Waals surface area contributed by atoms with Crippen LogP contribution in [0.2, 0.25) is 0 Å². The number of fused-ring (bicyclic) bond motifs is 1. The zero-order valence-electron chi connectivity index (χ0n) is 15.7. The lowest BCUT2D eigenvalue weighted by atomic mass is 9.73. The summed E-state index contributed by atoms with van der Waals surface area (Å²) in [6.45, 7) is 2.40. The van der Waals surface area contributed by atoms with Crippen LogP contribution in [0.4, 0.5) is 0 Å². The maximum atomic E-state index is 12.8. The fourth-order valence-electron chi connectivity index (χ4n) is 4.35. The van der Waals surface area contributed by atoms with Crippen molar-refractivity contribution in [3.63, 3.8) is 0 Å². The lowest BCUT2D eigenvalue weighted by Gasteiger charge is -2.58. The Hall–Kier alpha value is -2.99. The van der Waals surface area contributed by atoms with Gasteiger partial charge in [-0.25, -0.2) is 0 Å². The van der Waals surface area contributed by atoms with Crippen LogP contribution in [0.15, 0.2) is 54.9 Å². The van der Waals surface area contributed by atoms with Gasteiger partial charge in [-0.1, -0.05) is 36.4 Å². The number of benzene rings is 1. The summed E-state index contributed by atoms with van der Waals surface area (Å²) in [6, 6.07) is 11.2. The summed E-state index contributed by atoms with van der Waals surface area (Å²) in [5.41, 5.74) is 2.72. The zero-order chi connectivity index (χ0) is 19.7. The number of carbonyl (C=O) groups is 2. The summed E-state index contributed by atoms with van der Waals surface area (Å²) in [4.78, 5) is 32.8. The van der Waals surface area contributed by atoms with E-state index in [0.29, 0.717) is 12.1 Å². The van der Waals surface area contributed by atoms with Gasteiger partial charge in [0.25, 0.3) is 5.91 Å². The molecule has 0 saturated carbocycles. The number of pyridine rings is 1. The van der Waals surface area contributed by atoms with Crippen LogP contribution in [-0.2, 0) is 4.79 Å².